The molecule has 3 aromatic rings. The molecule has 0 atom stereocenters. The minimum Gasteiger partial charge on any atom is -0.340 e. The third-order valence-electron chi connectivity index (χ3n) is 3.89. The van der Waals surface area contributed by atoms with Crippen LogP contribution >= 0.6 is 11.6 Å². The van der Waals surface area contributed by atoms with Crippen LogP contribution in [0, 0.1) is 0 Å². The van der Waals surface area contributed by atoms with Crippen LogP contribution in [0.3, 0.4) is 0 Å². The molecule has 0 fully saturated rings. The average molecular weight is 313 g/mol. The van der Waals surface area contributed by atoms with Crippen molar-refractivity contribution in [2.45, 2.75) is 13.3 Å². The Bertz CT molecular complexity index is 834. The van der Waals surface area contributed by atoms with Crippen molar-refractivity contribution < 1.29 is 4.79 Å². The molecule has 0 saturated heterocycles. The van der Waals surface area contributed by atoms with Gasteiger partial charge in [-0.25, -0.2) is 0 Å². The molecule has 0 aliphatic heterocycles. The summed E-state index contributed by atoms with van der Waals surface area (Å²) in [6.07, 6.45) is 0.982. The van der Waals surface area contributed by atoms with Gasteiger partial charge in [0.15, 0.2) is 0 Å². The van der Waals surface area contributed by atoms with E-state index in [1.807, 2.05) is 60.1 Å². The lowest BCUT2D eigenvalue weighted by atomic mass is 10.1. The molecule has 0 unspecified atom stereocenters. The number of fused-ring (bicyclic) bond motifs is 1. The van der Waals surface area contributed by atoms with Crippen molar-refractivity contribution in [1.82, 2.24) is 4.57 Å². The quantitative estimate of drug-likeness (QED) is 0.750. The zero-order valence-corrected chi connectivity index (χ0v) is 13.3. The number of halogens is 1. The van der Waals surface area contributed by atoms with Gasteiger partial charge in [0, 0.05) is 28.7 Å². The van der Waals surface area contributed by atoms with Crippen LogP contribution in [0.2, 0.25) is 5.02 Å². The fraction of sp³-hybridized carbons (Fsp3) is 0.167. The second-order valence-corrected chi connectivity index (χ2v) is 5.67. The van der Waals surface area contributed by atoms with Gasteiger partial charge < -0.3 is 9.88 Å². The van der Waals surface area contributed by atoms with E-state index in [-0.39, 0.29) is 5.91 Å². The van der Waals surface area contributed by atoms with Gasteiger partial charge in [0.25, 0.3) is 5.91 Å². The van der Waals surface area contributed by atoms with E-state index in [1.54, 1.807) is 0 Å². The number of hydrogen-bond acceptors (Lipinski definition) is 1. The molecule has 0 bridgehead atoms. The molecule has 1 amide bonds. The highest BCUT2D eigenvalue weighted by Crippen LogP contribution is 2.26. The molecule has 1 heterocycles. The minimum atomic E-state index is -0.140. The summed E-state index contributed by atoms with van der Waals surface area (Å²) >= 11 is 6.20. The Labute approximate surface area is 134 Å². The third kappa shape index (κ3) is 2.60. The highest BCUT2D eigenvalue weighted by Gasteiger charge is 2.14. The van der Waals surface area contributed by atoms with E-state index in [9.17, 15) is 4.79 Å². The van der Waals surface area contributed by atoms with E-state index >= 15 is 0 Å². The van der Waals surface area contributed by atoms with Gasteiger partial charge >= 0.3 is 0 Å². The van der Waals surface area contributed by atoms with Crippen molar-refractivity contribution in [2.24, 2.45) is 7.05 Å². The predicted octanol–water partition coefficient (Wildman–Crippen LogP) is 4.65. The number of nitrogens with zero attached hydrogens (tertiary/aromatic N) is 1. The largest absolute Gasteiger partial charge is 0.340 e. The molecule has 4 heteroatoms. The molecule has 1 aromatic heterocycles. The highest BCUT2D eigenvalue weighted by atomic mass is 35.5. The Morgan fingerprint density at radius 3 is 2.55 bits per heavy atom. The summed E-state index contributed by atoms with van der Waals surface area (Å²) in [5.74, 6) is -0.140. The molecule has 22 heavy (non-hydrogen) atoms. The van der Waals surface area contributed by atoms with E-state index in [1.165, 1.54) is 5.56 Å². The normalized spacial score (nSPS) is 10.9. The lowest BCUT2D eigenvalue weighted by Crippen LogP contribution is -2.15. The summed E-state index contributed by atoms with van der Waals surface area (Å²) in [6.45, 7) is 2.10. The number of anilines is 1. The first kappa shape index (κ1) is 14.7. The number of rotatable bonds is 3. The van der Waals surface area contributed by atoms with Crippen LogP contribution in [0.1, 0.15) is 23.0 Å². The van der Waals surface area contributed by atoms with E-state index in [0.717, 1.165) is 23.0 Å². The molecule has 3 nitrogen and oxygen atoms in total. The number of aromatic nitrogens is 1. The number of hydrogen-bond donors (Lipinski definition) is 1. The molecule has 0 aliphatic carbocycles. The second kappa shape index (κ2) is 5.85. The van der Waals surface area contributed by atoms with E-state index in [2.05, 4.69) is 12.2 Å². The Morgan fingerprint density at radius 1 is 1.18 bits per heavy atom. The van der Waals surface area contributed by atoms with E-state index in [4.69, 9.17) is 11.6 Å². The van der Waals surface area contributed by atoms with Crippen molar-refractivity contribution in [3.05, 3.63) is 64.8 Å². The molecule has 3 rings (SSSR count). The average Bonchev–Trinajstić information content (AvgIpc) is 2.87. The molecular formula is C18H17ClN2O. The van der Waals surface area contributed by atoms with Gasteiger partial charge in [-0.1, -0.05) is 36.7 Å². The molecule has 112 valence electrons. The number of carbonyl (C=O) groups is 1. The van der Waals surface area contributed by atoms with Crippen LogP contribution < -0.4 is 5.32 Å². The SMILES string of the molecule is CCc1ccc(NC(=O)c2cc3c(Cl)cccc3n2C)cc1. The Kier molecular flexibility index (Phi) is 3.90. The molecular weight excluding hydrogens is 296 g/mol. The zero-order chi connectivity index (χ0) is 15.7. The lowest BCUT2D eigenvalue weighted by Gasteiger charge is -2.07. The van der Waals surface area contributed by atoms with Crippen LogP contribution in [-0.4, -0.2) is 10.5 Å². The topological polar surface area (TPSA) is 34.0 Å². The van der Waals surface area contributed by atoms with Crippen LogP contribution in [-0.2, 0) is 13.5 Å². The van der Waals surface area contributed by atoms with Gasteiger partial charge in [-0.3, -0.25) is 4.79 Å². The van der Waals surface area contributed by atoms with Crippen LogP contribution in [0.25, 0.3) is 10.9 Å². The standard InChI is InChI=1S/C18H17ClN2O/c1-3-12-7-9-13(10-8-12)20-18(22)17-11-14-15(19)5-4-6-16(14)21(17)2/h4-11H,3H2,1-2H3,(H,20,22). The molecule has 0 saturated carbocycles. The molecule has 1 N–H and O–H groups in total. The van der Waals surface area contributed by atoms with Crippen molar-refractivity contribution in [3.8, 4) is 0 Å². The Hall–Kier alpha value is -2.26. The van der Waals surface area contributed by atoms with Crippen molar-refractivity contribution in [2.75, 3.05) is 5.32 Å². The maximum atomic E-state index is 12.5. The first-order valence-electron chi connectivity index (χ1n) is 7.24. The molecule has 2 aromatic carbocycles. The predicted molar refractivity (Wildman–Crippen MR) is 91.7 cm³/mol. The molecule has 0 spiro atoms. The first-order chi connectivity index (χ1) is 10.6. The van der Waals surface area contributed by atoms with Crippen molar-refractivity contribution >= 4 is 34.1 Å². The van der Waals surface area contributed by atoms with Gasteiger partial charge in [0.2, 0.25) is 0 Å². The summed E-state index contributed by atoms with van der Waals surface area (Å²) in [4.78, 5) is 12.5. The summed E-state index contributed by atoms with van der Waals surface area (Å²) in [6, 6.07) is 15.4. The Balaban J connectivity index is 1.91. The van der Waals surface area contributed by atoms with Crippen molar-refractivity contribution in [1.29, 1.82) is 0 Å². The maximum Gasteiger partial charge on any atom is 0.272 e. The summed E-state index contributed by atoms with van der Waals surface area (Å²) < 4.78 is 1.86. The number of nitrogens with one attached hydrogen (secondary N) is 1. The van der Waals surface area contributed by atoms with Crippen LogP contribution in [0.4, 0.5) is 5.69 Å². The Morgan fingerprint density at radius 2 is 1.91 bits per heavy atom. The minimum absolute atomic E-state index is 0.140. The van der Waals surface area contributed by atoms with Gasteiger partial charge in [-0.05, 0) is 42.3 Å². The van der Waals surface area contributed by atoms with Gasteiger partial charge in [0.05, 0.1) is 0 Å². The molecule has 0 aliphatic rings. The third-order valence-corrected chi connectivity index (χ3v) is 4.22. The fourth-order valence-corrected chi connectivity index (χ4v) is 2.79. The van der Waals surface area contributed by atoms with Crippen molar-refractivity contribution in [3.63, 3.8) is 0 Å². The zero-order valence-electron chi connectivity index (χ0n) is 12.6. The van der Waals surface area contributed by atoms with Gasteiger partial charge in [-0.2, -0.15) is 0 Å². The summed E-state index contributed by atoms with van der Waals surface area (Å²) in [5.41, 5.74) is 3.56. The fourth-order valence-electron chi connectivity index (χ4n) is 2.56. The lowest BCUT2D eigenvalue weighted by molar-refractivity contribution is 0.102. The first-order valence-corrected chi connectivity index (χ1v) is 7.62. The smallest absolute Gasteiger partial charge is 0.272 e. The monoisotopic (exact) mass is 312 g/mol. The van der Waals surface area contributed by atoms with E-state index < -0.39 is 0 Å². The second-order valence-electron chi connectivity index (χ2n) is 5.27. The highest BCUT2D eigenvalue weighted by molar-refractivity contribution is 6.35. The molecule has 0 radical (unpaired) electrons. The maximum absolute atomic E-state index is 12.5. The number of benzene rings is 2. The summed E-state index contributed by atoms with van der Waals surface area (Å²) in [5, 5.41) is 4.47. The van der Waals surface area contributed by atoms with Crippen LogP contribution in [0.5, 0.6) is 0 Å². The number of amides is 1. The van der Waals surface area contributed by atoms with Gasteiger partial charge in [0.1, 0.15) is 5.69 Å². The summed E-state index contributed by atoms with van der Waals surface area (Å²) in [7, 11) is 1.87. The van der Waals surface area contributed by atoms with Crippen LogP contribution in [0.15, 0.2) is 48.5 Å². The van der Waals surface area contributed by atoms with Gasteiger partial charge in [-0.15, -0.1) is 0 Å². The number of aryl methyl sites for hydroxylation is 2. The van der Waals surface area contributed by atoms with E-state index in [0.29, 0.717) is 10.7 Å². The number of carbonyl (C=O) groups excluding carboxylic acids is 1.